The Balaban J connectivity index is 1.73. The molecule has 0 aromatic carbocycles. The van der Waals surface area contributed by atoms with Crippen LogP contribution in [0.3, 0.4) is 0 Å². The van der Waals surface area contributed by atoms with Crippen LogP contribution in [0, 0.1) is 0 Å². The molecule has 2 aromatic heterocycles. The summed E-state index contributed by atoms with van der Waals surface area (Å²) in [5.74, 6) is 1.12. The van der Waals surface area contributed by atoms with Crippen LogP contribution in [0.5, 0.6) is 5.88 Å². The third-order valence-corrected chi connectivity index (χ3v) is 4.44. The number of carbonyl (C=O) groups is 1. The van der Waals surface area contributed by atoms with Crippen LogP contribution in [0.15, 0.2) is 22.9 Å². The molecule has 2 aromatic rings. The third kappa shape index (κ3) is 2.73. The van der Waals surface area contributed by atoms with Crippen molar-refractivity contribution >= 4 is 23.2 Å². The minimum absolute atomic E-state index is 0.0886. The fourth-order valence-corrected chi connectivity index (χ4v) is 3.37. The summed E-state index contributed by atoms with van der Waals surface area (Å²) in [6, 6.07) is 3.89. The smallest absolute Gasteiger partial charge is 0.323 e. The zero-order valence-corrected chi connectivity index (χ0v) is 12.9. The van der Waals surface area contributed by atoms with E-state index in [-0.39, 0.29) is 12.1 Å². The summed E-state index contributed by atoms with van der Waals surface area (Å²) in [5, 5.41) is 11.2. The molecule has 0 aliphatic carbocycles. The molecule has 0 spiro atoms. The van der Waals surface area contributed by atoms with Crippen molar-refractivity contribution in [2.24, 2.45) is 7.05 Å². The van der Waals surface area contributed by atoms with Crippen LogP contribution in [0.1, 0.15) is 24.4 Å². The van der Waals surface area contributed by atoms with E-state index in [1.165, 1.54) is 5.56 Å². The largest absolute Gasteiger partial charge is 0.480 e. The van der Waals surface area contributed by atoms with Gasteiger partial charge in [0, 0.05) is 19.7 Å². The standard InChI is InChI=1S/C14H18N4O2S/c1-17-12(8-13(16-17)20-2)15-14(19)18-6-3-4-11(18)10-5-7-21-9-10/h5,7-9,11H,3-4,6H2,1-2H3,(H,15,19). The Kier molecular flexibility index (Phi) is 3.83. The van der Waals surface area contributed by atoms with Crippen molar-refractivity contribution in [1.82, 2.24) is 14.7 Å². The highest BCUT2D eigenvalue weighted by atomic mass is 32.1. The van der Waals surface area contributed by atoms with E-state index in [1.54, 1.807) is 36.2 Å². The van der Waals surface area contributed by atoms with Gasteiger partial charge in [0.05, 0.1) is 13.2 Å². The summed E-state index contributed by atoms with van der Waals surface area (Å²) >= 11 is 1.66. The number of aryl methyl sites for hydroxylation is 1. The fraction of sp³-hybridized carbons (Fsp3) is 0.429. The molecule has 2 amide bonds. The highest BCUT2D eigenvalue weighted by Crippen LogP contribution is 2.33. The Morgan fingerprint density at radius 1 is 1.57 bits per heavy atom. The number of likely N-dealkylation sites (tertiary alicyclic amines) is 1. The fourth-order valence-electron chi connectivity index (χ4n) is 2.66. The summed E-state index contributed by atoms with van der Waals surface area (Å²) < 4.78 is 6.67. The lowest BCUT2D eigenvalue weighted by atomic mass is 10.1. The average Bonchev–Trinajstić information content (AvgIpc) is 3.18. The molecular formula is C14H18N4O2S. The Labute approximate surface area is 127 Å². The first kappa shape index (κ1) is 13.9. The summed E-state index contributed by atoms with van der Waals surface area (Å²) in [5.41, 5.74) is 1.22. The number of nitrogens with one attached hydrogen (secondary N) is 1. The maximum Gasteiger partial charge on any atom is 0.323 e. The van der Waals surface area contributed by atoms with E-state index in [0.29, 0.717) is 11.7 Å². The molecule has 112 valence electrons. The maximum absolute atomic E-state index is 12.5. The van der Waals surface area contributed by atoms with Gasteiger partial charge >= 0.3 is 6.03 Å². The number of hydrogen-bond acceptors (Lipinski definition) is 4. The zero-order chi connectivity index (χ0) is 14.8. The summed E-state index contributed by atoms with van der Waals surface area (Å²) in [6.45, 7) is 0.779. The van der Waals surface area contributed by atoms with Gasteiger partial charge < -0.3 is 9.64 Å². The molecule has 3 rings (SSSR count). The lowest BCUT2D eigenvalue weighted by Gasteiger charge is -2.24. The van der Waals surface area contributed by atoms with E-state index in [9.17, 15) is 4.79 Å². The van der Waals surface area contributed by atoms with Crippen molar-refractivity contribution < 1.29 is 9.53 Å². The van der Waals surface area contributed by atoms with Gasteiger partial charge in [0.25, 0.3) is 0 Å². The van der Waals surface area contributed by atoms with E-state index in [0.717, 1.165) is 19.4 Å². The van der Waals surface area contributed by atoms with Crippen molar-refractivity contribution in [3.05, 3.63) is 28.5 Å². The van der Waals surface area contributed by atoms with Crippen LogP contribution in [0.25, 0.3) is 0 Å². The highest BCUT2D eigenvalue weighted by molar-refractivity contribution is 7.07. The average molecular weight is 306 g/mol. The molecule has 7 heteroatoms. The van der Waals surface area contributed by atoms with Gasteiger partial charge in [-0.15, -0.1) is 5.10 Å². The molecule has 1 unspecified atom stereocenters. The van der Waals surface area contributed by atoms with Crippen molar-refractivity contribution in [2.45, 2.75) is 18.9 Å². The number of anilines is 1. The maximum atomic E-state index is 12.5. The predicted octanol–water partition coefficient (Wildman–Crippen LogP) is 2.86. The molecule has 0 radical (unpaired) electrons. The SMILES string of the molecule is COc1cc(NC(=O)N2CCCC2c2ccsc2)n(C)n1. The molecule has 6 nitrogen and oxygen atoms in total. The molecule has 3 heterocycles. The van der Waals surface area contributed by atoms with Gasteiger partial charge in [-0.25, -0.2) is 9.48 Å². The van der Waals surface area contributed by atoms with Gasteiger partial charge in [-0.2, -0.15) is 11.3 Å². The van der Waals surface area contributed by atoms with Crippen molar-refractivity contribution in [2.75, 3.05) is 19.0 Å². The number of thiophene rings is 1. The molecule has 1 N–H and O–H groups in total. The first-order valence-electron chi connectivity index (χ1n) is 6.87. The zero-order valence-electron chi connectivity index (χ0n) is 12.1. The van der Waals surface area contributed by atoms with E-state index in [1.807, 2.05) is 4.90 Å². The van der Waals surface area contributed by atoms with E-state index < -0.39 is 0 Å². The van der Waals surface area contributed by atoms with Crippen LogP contribution in [-0.4, -0.2) is 34.4 Å². The Hall–Kier alpha value is -2.02. The molecule has 0 saturated carbocycles. The number of rotatable bonds is 3. The van der Waals surface area contributed by atoms with Crippen LogP contribution in [0.2, 0.25) is 0 Å². The van der Waals surface area contributed by atoms with E-state index >= 15 is 0 Å². The lowest BCUT2D eigenvalue weighted by molar-refractivity contribution is 0.207. The number of nitrogens with zero attached hydrogens (tertiary/aromatic N) is 3. The molecular weight excluding hydrogens is 288 g/mol. The van der Waals surface area contributed by atoms with Gasteiger partial charge in [0.2, 0.25) is 5.88 Å². The Bertz CT molecular complexity index is 623. The summed E-state index contributed by atoms with van der Waals surface area (Å²) in [6.07, 6.45) is 2.04. The van der Waals surface area contributed by atoms with E-state index in [4.69, 9.17) is 4.74 Å². The van der Waals surface area contributed by atoms with Crippen LogP contribution < -0.4 is 10.1 Å². The number of methoxy groups -OCH3 is 1. The molecule has 1 saturated heterocycles. The number of hydrogen-bond donors (Lipinski definition) is 1. The molecule has 0 bridgehead atoms. The number of aromatic nitrogens is 2. The number of carbonyl (C=O) groups excluding carboxylic acids is 1. The van der Waals surface area contributed by atoms with Crippen LogP contribution in [0.4, 0.5) is 10.6 Å². The third-order valence-electron chi connectivity index (χ3n) is 3.74. The van der Waals surface area contributed by atoms with E-state index in [2.05, 4.69) is 27.2 Å². The first-order chi connectivity index (χ1) is 10.2. The van der Waals surface area contributed by atoms with Gasteiger partial charge in [-0.05, 0) is 35.2 Å². The monoisotopic (exact) mass is 306 g/mol. The summed E-state index contributed by atoms with van der Waals surface area (Å²) in [7, 11) is 3.33. The second-order valence-electron chi connectivity index (χ2n) is 5.03. The van der Waals surface area contributed by atoms with Crippen LogP contribution >= 0.6 is 11.3 Å². The second kappa shape index (κ2) is 5.77. The molecule has 1 fully saturated rings. The second-order valence-corrected chi connectivity index (χ2v) is 5.81. The quantitative estimate of drug-likeness (QED) is 0.948. The summed E-state index contributed by atoms with van der Waals surface area (Å²) in [4.78, 5) is 14.4. The van der Waals surface area contributed by atoms with Crippen molar-refractivity contribution in [3.63, 3.8) is 0 Å². The van der Waals surface area contributed by atoms with Gasteiger partial charge in [0.15, 0.2) is 0 Å². The van der Waals surface area contributed by atoms with Gasteiger partial charge in [-0.3, -0.25) is 5.32 Å². The molecule has 1 aliphatic heterocycles. The normalized spacial score (nSPS) is 18.0. The molecule has 1 atom stereocenters. The molecule has 1 aliphatic rings. The molecule has 21 heavy (non-hydrogen) atoms. The topological polar surface area (TPSA) is 59.4 Å². The number of urea groups is 1. The van der Waals surface area contributed by atoms with Gasteiger partial charge in [0.1, 0.15) is 5.82 Å². The lowest BCUT2D eigenvalue weighted by Crippen LogP contribution is -2.34. The Morgan fingerprint density at radius 2 is 2.43 bits per heavy atom. The predicted molar refractivity (Wildman–Crippen MR) is 81.8 cm³/mol. The van der Waals surface area contributed by atoms with Gasteiger partial charge in [-0.1, -0.05) is 0 Å². The first-order valence-corrected chi connectivity index (χ1v) is 7.81. The minimum atomic E-state index is -0.0886. The number of amides is 2. The van der Waals surface area contributed by atoms with Crippen molar-refractivity contribution in [1.29, 1.82) is 0 Å². The minimum Gasteiger partial charge on any atom is -0.480 e. The number of ether oxygens (including phenoxy) is 1. The Morgan fingerprint density at radius 3 is 3.10 bits per heavy atom. The van der Waals surface area contributed by atoms with Crippen molar-refractivity contribution in [3.8, 4) is 5.88 Å². The highest BCUT2D eigenvalue weighted by Gasteiger charge is 2.30. The van der Waals surface area contributed by atoms with Crippen LogP contribution in [-0.2, 0) is 7.05 Å².